The first-order chi connectivity index (χ1) is 11.1. The summed E-state index contributed by atoms with van der Waals surface area (Å²) in [5.41, 5.74) is 3.98. The number of carbonyl (C=O) groups is 1. The first-order valence-electron chi connectivity index (χ1n) is 6.78. The highest BCUT2D eigenvalue weighted by atomic mass is 32.2. The summed E-state index contributed by atoms with van der Waals surface area (Å²) in [4.78, 5) is 13.3. The van der Waals surface area contributed by atoms with Crippen molar-refractivity contribution in [1.29, 1.82) is 5.26 Å². The number of fused-ring (bicyclic) bond motifs is 1. The average molecular weight is 350 g/mol. The third kappa shape index (κ3) is 2.96. The molecule has 1 aliphatic carbocycles. The van der Waals surface area contributed by atoms with Gasteiger partial charge >= 0.3 is 0 Å². The van der Waals surface area contributed by atoms with Crippen molar-refractivity contribution in [2.24, 2.45) is 5.84 Å². The van der Waals surface area contributed by atoms with Crippen LogP contribution in [0.1, 0.15) is 22.4 Å². The minimum Gasteiger partial charge on any atom is -0.334 e. The van der Waals surface area contributed by atoms with Gasteiger partial charge in [-0.1, -0.05) is 11.8 Å². The van der Waals surface area contributed by atoms with Crippen molar-refractivity contribution in [3.63, 3.8) is 0 Å². The number of anilines is 2. The van der Waals surface area contributed by atoms with E-state index in [-0.39, 0.29) is 17.6 Å². The zero-order valence-electron chi connectivity index (χ0n) is 12.0. The van der Waals surface area contributed by atoms with Crippen LogP contribution in [-0.2, 0) is 17.6 Å². The van der Waals surface area contributed by atoms with Crippen LogP contribution in [0.4, 0.5) is 10.9 Å². The molecule has 0 unspecified atom stereocenters. The number of aryl methyl sites for hydroxylation is 1. The second kappa shape index (κ2) is 6.45. The number of nitrogens with two attached hydrogens (primary N) is 2. The lowest BCUT2D eigenvalue weighted by atomic mass is 10.1. The molecule has 1 amide bonds. The molecular formula is C12H14N8OS2. The summed E-state index contributed by atoms with van der Waals surface area (Å²) in [5.74, 6) is 11.0. The van der Waals surface area contributed by atoms with Crippen LogP contribution in [-0.4, -0.2) is 26.5 Å². The molecule has 11 heteroatoms. The number of nitriles is 1. The Bertz CT molecular complexity index is 790. The SMILES string of the molecule is N#Cc1c(NC(=O)CSc2nnc(NN)n2N)sc2c1CCC2. The molecule has 3 rings (SSSR count). The zero-order valence-corrected chi connectivity index (χ0v) is 13.6. The maximum absolute atomic E-state index is 12.1. The number of rotatable bonds is 5. The Labute approximate surface area is 140 Å². The van der Waals surface area contributed by atoms with Crippen molar-refractivity contribution < 1.29 is 4.79 Å². The van der Waals surface area contributed by atoms with Gasteiger partial charge in [-0.25, -0.2) is 10.5 Å². The van der Waals surface area contributed by atoms with Crippen LogP contribution >= 0.6 is 23.1 Å². The number of aromatic nitrogens is 3. The van der Waals surface area contributed by atoms with E-state index in [0.29, 0.717) is 15.7 Å². The highest BCUT2D eigenvalue weighted by molar-refractivity contribution is 7.99. The van der Waals surface area contributed by atoms with Crippen molar-refractivity contribution in [3.05, 3.63) is 16.0 Å². The smallest absolute Gasteiger partial charge is 0.258 e. The standard InChI is InChI=1S/C12H14N8OS2/c13-4-7-6-2-1-3-8(6)23-10(7)16-9(21)5-22-12-19-18-11(17-14)20(12)15/h1-3,5,14-15H2,(H,16,21)(H,17,18). The molecule has 1 aliphatic rings. The predicted octanol–water partition coefficient (Wildman–Crippen LogP) is 0.430. The maximum atomic E-state index is 12.1. The van der Waals surface area contributed by atoms with Crippen LogP contribution in [0.5, 0.6) is 0 Å². The second-order valence-corrected chi connectivity index (χ2v) is 6.88. The van der Waals surface area contributed by atoms with Crippen LogP contribution in [0.25, 0.3) is 0 Å². The Morgan fingerprint density at radius 2 is 2.30 bits per heavy atom. The van der Waals surface area contributed by atoms with Gasteiger partial charge in [-0.05, 0) is 24.8 Å². The summed E-state index contributed by atoms with van der Waals surface area (Å²) in [6.07, 6.45) is 2.96. The van der Waals surface area contributed by atoms with Gasteiger partial charge in [-0.3, -0.25) is 10.2 Å². The molecule has 120 valence electrons. The number of hydrogen-bond acceptors (Lipinski definition) is 9. The first-order valence-corrected chi connectivity index (χ1v) is 8.58. The Balaban J connectivity index is 1.64. The highest BCUT2D eigenvalue weighted by Crippen LogP contribution is 2.38. The highest BCUT2D eigenvalue weighted by Gasteiger charge is 2.23. The van der Waals surface area contributed by atoms with Gasteiger partial charge in [0, 0.05) is 4.88 Å². The molecule has 0 fully saturated rings. The van der Waals surface area contributed by atoms with E-state index in [1.165, 1.54) is 20.9 Å². The van der Waals surface area contributed by atoms with E-state index in [1.807, 2.05) is 0 Å². The molecule has 0 aliphatic heterocycles. The van der Waals surface area contributed by atoms with Crippen molar-refractivity contribution in [2.45, 2.75) is 24.4 Å². The van der Waals surface area contributed by atoms with Crippen molar-refractivity contribution in [3.8, 4) is 6.07 Å². The quantitative estimate of drug-likeness (QED) is 0.345. The van der Waals surface area contributed by atoms with Crippen LogP contribution in [0, 0.1) is 11.3 Å². The zero-order chi connectivity index (χ0) is 16.4. The summed E-state index contributed by atoms with van der Waals surface area (Å²) >= 11 is 2.62. The van der Waals surface area contributed by atoms with Gasteiger partial charge < -0.3 is 11.2 Å². The van der Waals surface area contributed by atoms with Gasteiger partial charge in [0.15, 0.2) is 0 Å². The maximum Gasteiger partial charge on any atom is 0.258 e. The number of nitrogen functional groups attached to an aromatic ring is 2. The molecule has 0 radical (unpaired) electrons. The van der Waals surface area contributed by atoms with E-state index in [2.05, 4.69) is 27.0 Å². The number of hydrogen-bond donors (Lipinski definition) is 4. The number of thioether (sulfide) groups is 1. The molecule has 2 heterocycles. The Morgan fingerprint density at radius 1 is 1.48 bits per heavy atom. The molecule has 6 N–H and O–H groups in total. The molecule has 0 aromatic carbocycles. The average Bonchev–Trinajstić information content (AvgIpc) is 3.19. The largest absolute Gasteiger partial charge is 0.334 e. The molecule has 0 saturated carbocycles. The van der Waals surface area contributed by atoms with Crippen molar-refractivity contribution in [2.75, 3.05) is 22.3 Å². The number of nitrogens with one attached hydrogen (secondary N) is 2. The van der Waals surface area contributed by atoms with E-state index >= 15 is 0 Å². The number of carbonyl (C=O) groups excluding carboxylic acids is 1. The number of nitrogens with zero attached hydrogens (tertiary/aromatic N) is 4. The molecule has 2 aromatic heterocycles. The fourth-order valence-electron chi connectivity index (χ4n) is 2.38. The first kappa shape index (κ1) is 15.6. The van der Waals surface area contributed by atoms with Crippen LogP contribution in [0.3, 0.4) is 0 Å². The Hall–Kier alpha value is -2.29. The third-order valence-corrected chi connectivity index (χ3v) is 5.56. The van der Waals surface area contributed by atoms with E-state index in [1.54, 1.807) is 0 Å². The Kier molecular flexibility index (Phi) is 4.37. The van der Waals surface area contributed by atoms with E-state index < -0.39 is 0 Å². The number of thiophene rings is 1. The van der Waals surface area contributed by atoms with E-state index in [0.717, 1.165) is 36.6 Å². The molecule has 0 saturated heterocycles. The summed E-state index contributed by atoms with van der Waals surface area (Å²) in [5, 5.41) is 20.6. The van der Waals surface area contributed by atoms with Crippen LogP contribution in [0.15, 0.2) is 5.16 Å². The lowest BCUT2D eigenvalue weighted by molar-refractivity contribution is -0.113. The summed E-state index contributed by atoms with van der Waals surface area (Å²) in [6.45, 7) is 0. The van der Waals surface area contributed by atoms with E-state index in [4.69, 9.17) is 11.7 Å². The van der Waals surface area contributed by atoms with Crippen LogP contribution in [0.2, 0.25) is 0 Å². The third-order valence-electron chi connectivity index (χ3n) is 3.41. The number of hydrazine groups is 1. The van der Waals surface area contributed by atoms with Gasteiger partial charge in [0.05, 0.1) is 11.3 Å². The summed E-state index contributed by atoms with van der Waals surface area (Å²) in [7, 11) is 0. The normalized spacial score (nSPS) is 12.7. The topological polar surface area (TPSA) is 148 Å². The fraction of sp³-hybridized carbons (Fsp3) is 0.333. The van der Waals surface area contributed by atoms with Gasteiger partial charge in [-0.2, -0.15) is 5.26 Å². The predicted molar refractivity (Wildman–Crippen MR) is 88.4 cm³/mol. The lowest BCUT2D eigenvalue weighted by Crippen LogP contribution is -2.19. The van der Waals surface area contributed by atoms with Gasteiger partial charge in [0.1, 0.15) is 11.1 Å². The fourth-order valence-corrected chi connectivity index (χ4v) is 4.29. The van der Waals surface area contributed by atoms with E-state index in [9.17, 15) is 10.1 Å². The van der Waals surface area contributed by atoms with Crippen molar-refractivity contribution >= 4 is 40.0 Å². The molecule has 23 heavy (non-hydrogen) atoms. The molecule has 9 nitrogen and oxygen atoms in total. The minimum absolute atomic E-state index is 0.105. The molecular weight excluding hydrogens is 336 g/mol. The van der Waals surface area contributed by atoms with Crippen molar-refractivity contribution in [1.82, 2.24) is 14.9 Å². The summed E-state index contributed by atoms with van der Waals surface area (Å²) in [6, 6.07) is 2.20. The molecule has 0 bridgehead atoms. The molecule has 0 spiro atoms. The van der Waals surface area contributed by atoms with Gasteiger partial charge in [-0.15, -0.1) is 21.5 Å². The Morgan fingerprint density at radius 3 is 3.00 bits per heavy atom. The second-order valence-electron chi connectivity index (χ2n) is 4.83. The molecule has 0 atom stereocenters. The van der Waals surface area contributed by atoms with Gasteiger partial charge in [0.2, 0.25) is 11.1 Å². The van der Waals surface area contributed by atoms with Crippen LogP contribution < -0.4 is 22.4 Å². The van der Waals surface area contributed by atoms with Gasteiger partial charge in [0.25, 0.3) is 5.95 Å². The summed E-state index contributed by atoms with van der Waals surface area (Å²) < 4.78 is 1.17. The molecule has 2 aromatic rings. The lowest BCUT2D eigenvalue weighted by Gasteiger charge is -2.04. The monoisotopic (exact) mass is 350 g/mol. The minimum atomic E-state index is -0.225. The number of amides is 1.